The summed E-state index contributed by atoms with van der Waals surface area (Å²) in [6.45, 7) is 16.7. The van der Waals surface area contributed by atoms with Gasteiger partial charge in [0.1, 0.15) is 5.75 Å². The van der Waals surface area contributed by atoms with E-state index in [2.05, 4.69) is 61.5 Å². The Balaban J connectivity index is 1.94. The number of piperazine rings is 1. The molecule has 0 saturated carbocycles. The van der Waals surface area contributed by atoms with E-state index in [1.165, 1.54) is 0 Å². The monoisotopic (exact) mass is 461 g/mol. The molecule has 1 N–H and O–H groups in total. The second-order valence-corrected chi connectivity index (χ2v) is 9.50. The molecule has 1 heterocycles. The van der Waals surface area contributed by atoms with Crippen LogP contribution < -0.4 is 15.0 Å². The van der Waals surface area contributed by atoms with Crippen LogP contribution in [0.15, 0.2) is 60.9 Å². The predicted molar refractivity (Wildman–Crippen MR) is 141 cm³/mol. The number of benzene rings is 2. The van der Waals surface area contributed by atoms with Crippen LogP contribution in [0.5, 0.6) is 5.75 Å². The van der Waals surface area contributed by atoms with E-state index in [1.807, 2.05) is 49.1 Å². The van der Waals surface area contributed by atoms with E-state index in [0.717, 1.165) is 34.7 Å². The molecule has 5 heteroatoms. The van der Waals surface area contributed by atoms with Crippen molar-refractivity contribution >= 4 is 11.6 Å². The molecule has 2 unspecified atom stereocenters. The van der Waals surface area contributed by atoms with Crippen molar-refractivity contribution in [3.8, 4) is 5.75 Å². The molecule has 182 valence electrons. The van der Waals surface area contributed by atoms with Crippen LogP contribution in [0.3, 0.4) is 0 Å². The molecule has 0 aromatic heterocycles. The number of carbonyl (C=O) groups is 1. The molecule has 1 amide bonds. The Kier molecular flexibility index (Phi) is 8.24. The van der Waals surface area contributed by atoms with Crippen LogP contribution >= 0.6 is 0 Å². The summed E-state index contributed by atoms with van der Waals surface area (Å²) >= 11 is 0. The second-order valence-electron chi connectivity index (χ2n) is 9.50. The van der Waals surface area contributed by atoms with Crippen molar-refractivity contribution in [1.82, 2.24) is 10.2 Å². The summed E-state index contributed by atoms with van der Waals surface area (Å²) in [5, 5.41) is 3.65. The van der Waals surface area contributed by atoms with Gasteiger partial charge >= 0.3 is 0 Å². The summed E-state index contributed by atoms with van der Waals surface area (Å²) in [6.07, 6.45) is 2.68. The Morgan fingerprint density at radius 1 is 1.26 bits per heavy atom. The SMILES string of the molecule is C=C=CC1NC(C)CN(c2ccc(Cc3ccccc3C(=O)N(CC)CC)cc2OC)C1(C)C. The predicted octanol–water partition coefficient (Wildman–Crippen LogP) is 5.05. The number of amides is 1. The molecule has 2 atom stereocenters. The van der Waals surface area contributed by atoms with Gasteiger partial charge in [-0.15, -0.1) is 5.73 Å². The lowest BCUT2D eigenvalue weighted by atomic mass is 9.87. The van der Waals surface area contributed by atoms with Gasteiger partial charge in [0.05, 0.1) is 24.4 Å². The van der Waals surface area contributed by atoms with E-state index < -0.39 is 0 Å². The molecule has 0 spiro atoms. The summed E-state index contributed by atoms with van der Waals surface area (Å²) < 4.78 is 5.88. The smallest absolute Gasteiger partial charge is 0.254 e. The van der Waals surface area contributed by atoms with Gasteiger partial charge in [0.15, 0.2) is 0 Å². The Morgan fingerprint density at radius 2 is 1.97 bits per heavy atom. The lowest BCUT2D eigenvalue weighted by Gasteiger charge is -2.51. The van der Waals surface area contributed by atoms with Gasteiger partial charge in [-0.1, -0.05) is 30.8 Å². The summed E-state index contributed by atoms with van der Waals surface area (Å²) in [5.41, 5.74) is 6.75. The maximum Gasteiger partial charge on any atom is 0.254 e. The van der Waals surface area contributed by atoms with Crippen molar-refractivity contribution in [2.75, 3.05) is 31.6 Å². The fourth-order valence-corrected chi connectivity index (χ4v) is 4.86. The summed E-state index contributed by atoms with van der Waals surface area (Å²) in [4.78, 5) is 17.3. The number of carbonyl (C=O) groups excluding carboxylic acids is 1. The summed E-state index contributed by atoms with van der Waals surface area (Å²) in [7, 11) is 1.72. The first-order valence-corrected chi connectivity index (χ1v) is 12.2. The van der Waals surface area contributed by atoms with Gasteiger partial charge in [0.25, 0.3) is 5.91 Å². The van der Waals surface area contributed by atoms with Crippen molar-refractivity contribution in [2.45, 2.75) is 58.7 Å². The highest BCUT2D eigenvalue weighted by Gasteiger charge is 2.40. The van der Waals surface area contributed by atoms with Crippen LogP contribution in [0.4, 0.5) is 5.69 Å². The first kappa shape index (κ1) is 25.6. The zero-order chi connectivity index (χ0) is 24.9. The van der Waals surface area contributed by atoms with E-state index in [-0.39, 0.29) is 17.5 Å². The third-order valence-electron chi connectivity index (χ3n) is 6.89. The van der Waals surface area contributed by atoms with E-state index in [1.54, 1.807) is 7.11 Å². The van der Waals surface area contributed by atoms with Gasteiger partial charge in [-0.25, -0.2) is 0 Å². The van der Waals surface area contributed by atoms with Crippen LogP contribution in [0.1, 0.15) is 56.1 Å². The molecule has 1 saturated heterocycles. The molecule has 5 nitrogen and oxygen atoms in total. The third-order valence-corrected chi connectivity index (χ3v) is 6.89. The van der Waals surface area contributed by atoms with E-state index in [9.17, 15) is 4.79 Å². The molecule has 0 bridgehead atoms. The Hall–Kier alpha value is -3.01. The van der Waals surface area contributed by atoms with Crippen molar-refractivity contribution in [2.24, 2.45) is 0 Å². The molecule has 1 aliphatic heterocycles. The maximum atomic E-state index is 13.1. The normalized spacial score (nSPS) is 19.3. The lowest BCUT2D eigenvalue weighted by Crippen LogP contribution is -2.66. The fourth-order valence-electron chi connectivity index (χ4n) is 4.86. The van der Waals surface area contributed by atoms with Crippen LogP contribution in [0.25, 0.3) is 0 Å². The quantitative estimate of drug-likeness (QED) is 0.559. The second kappa shape index (κ2) is 10.9. The van der Waals surface area contributed by atoms with E-state index in [4.69, 9.17) is 4.74 Å². The van der Waals surface area contributed by atoms with Gasteiger partial charge in [0.2, 0.25) is 0 Å². The number of rotatable bonds is 8. The Labute approximate surface area is 205 Å². The largest absolute Gasteiger partial charge is 0.495 e. The third kappa shape index (κ3) is 5.22. The minimum atomic E-state index is -0.186. The number of nitrogens with one attached hydrogen (secondary N) is 1. The van der Waals surface area contributed by atoms with Crippen molar-refractivity contribution in [1.29, 1.82) is 0 Å². The standard InChI is InChI=1S/C29H39N3O2/c1-8-13-27-29(5,6)32(20-21(4)30-27)25-17-16-22(19-26(25)34-7)18-23-14-11-12-15-24(23)28(33)31(9-2)10-3/h11-17,19,21,27,30H,1,9-10,18,20H2,2-7H3. The Morgan fingerprint density at radius 3 is 2.62 bits per heavy atom. The molecule has 34 heavy (non-hydrogen) atoms. The first-order chi connectivity index (χ1) is 16.3. The number of anilines is 1. The maximum absolute atomic E-state index is 13.1. The summed E-state index contributed by atoms with van der Waals surface area (Å²) in [5.74, 6) is 0.926. The highest BCUT2D eigenvalue weighted by Crippen LogP contribution is 2.38. The highest BCUT2D eigenvalue weighted by molar-refractivity contribution is 5.95. The number of methoxy groups -OCH3 is 1. The van der Waals surface area contributed by atoms with E-state index >= 15 is 0 Å². The van der Waals surface area contributed by atoms with Crippen molar-refractivity contribution in [3.05, 3.63) is 77.5 Å². The average molecular weight is 462 g/mol. The highest BCUT2D eigenvalue weighted by atomic mass is 16.5. The number of nitrogens with zero attached hydrogens (tertiary/aromatic N) is 2. The summed E-state index contributed by atoms with van der Waals surface area (Å²) in [6, 6.07) is 14.7. The molecule has 2 aromatic rings. The molecule has 0 radical (unpaired) electrons. The van der Waals surface area contributed by atoms with Crippen LogP contribution in [0.2, 0.25) is 0 Å². The Bertz CT molecular complexity index is 1050. The molecule has 3 rings (SSSR count). The van der Waals surface area contributed by atoms with Crippen molar-refractivity contribution < 1.29 is 9.53 Å². The molecule has 2 aromatic carbocycles. The topological polar surface area (TPSA) is 44.8 Å². The minimum Gasteiger partial charge on any atom is -0.495 e. The van der Waals surface area contributed by atoms with Gasteiger partial charge < -0.3 is 19.9 Å². The van der Waals surface area contributed by atoms with E-state index in [0.29, 0.717) is 25.6 Å². The van der Waals surface area contributed by atoms with Gasteiger partial charge in [0, 0.05) is 31.2 Å². The zero-order valence-corrected chi connectivity index (χ0v) is 21.5. The van der Waals surface area contributed by atoms with Gasteiger partial charge in [-0.2, -0.15) is 0 Å². The molecule has 0 aliphatic carbocycles. The molecule has 1 aliphatic rings. The average Bonchev–Trinajstić information content (AvgIpc) is 2.82. The van der Waals surface area contributed by atoms with Crippen molar-refractivity contribution in [3.63, 3.8) is 0 Å². The number of ether oxygens (including phenoxy) is 1. The van der Waals surface area contributed by atoms with Crippen LogP contribution in [-0.2, 0) is 6.42 Å². The van der Waals surface area contributed by atoms with Gasteiger partial charge in [-0.3, -0.25) is 4.79 Å². The molecular weight excluding hydrogens is 422 g/mol. The van der Waals surface area contributed by atoms with Gasteiger partial charge in [-0.05, 0) is 76.4 Å². The minimum absolute atomic E-state index is 0.0852. The number of hydrogen-bond acceptors (Lipinski definition) is 4. The number of hydrogen-bond donors (Lipinski definition) is 1. The molecular formula is C29H39N3O2. The van der Waals surface area contributed by atoms with Crippen LogP contribution in [-0.4, -0.2) is 55.2 Å². The lowest BCUT2D eigenvalue weighted by molar-refractivity contribution is 0.0772. The fraction of sp³-hybridized carbons (Fsp3) is 0.448. The first-order valence-electron chi connectivity index (χ1n) is 12.2. The zero-order valence-electron chi connectivity index (χ0n) is 21.5. The van der Waals surface area contributed by atoms with Crippen LogP contribution in [0, 0.1) is 0 Å². The molecule has 1 fully saturated rings.